The predicted molar refractivity (Wildman–Crippen MR) is 58.9 cm³/mol. The number of hydrogen-bond donors (Lipinski definition) is 1. The molecule has 1 aromatic heterocycles. The number of nitrogens with zero attached hydrogens (tertiary/aromatic N) is 2. The zero-order valence-electron chi connectivity index (χ0n) is 7.93. The van der Waals surface area contributed by atoms with Crippen LogP contribution in [0.25, 0.3) is 0 Å². The minimum Gasteiger partial charge on any atom is -0.399 e. The van der Waals surface area contributed by atoms with Crippen molar-refractivity contribution >= 4 is 17.4 Å². The first-order valence-corrected chi connectivity index (χ1v) is 5.39. The lowest BCUT2D eigenvalue weighted by Crippen LogP contribution is -1.94. The molecule has 1 heterocycles. The average Bonchev–Trinajstić information content (AvgIpc) is 2.65. The van der Waals surface area contributed by atoms with Gasteiger partial charge in [-0.1, -0.05) is 0 Å². The van der Waals surface area contributed by atoms with Crippen LogP contribution in [0.5, 0.6) is 0 Å². The van der Waals surface area contributed by atoms with E-state index in [1.165, 1.54) is 23.9 Å². The minimum atomic E-state index is -0.307. The lowest BCUT2D eigenvalue weighted by atomic mass is 10.3. The largest absolute Gasteiger partial charge is 0.399 e. The van der Waals surface area contributed by atoms with E-state index in [1.807, 2.05) is 12.3 Å². The second-order valence-electron chi connectivity index (χ2n) is 3.04. The number of nitrogens with two attached hydrogens (primary N) is 1. The molecule has 2 rings (SSSR count). The summed E-state index contributed by atoms with van der Waals surface area (Å²) in [7, 11) is 0. The molecular weight excluding hydrogens is 213 g/mol. The van der Waals surface area contributed by atoms with E-state index in [2.05, 4.69) is 5.10 Å². The maximum atomic E-state index is 13.0. The van der Waals surface area contributed by atoms with Crippen molar-refractivity contribution in [2.75, 3.05) is 5.73 Å². The Morgan fingerprint density at radius 3 is 2.93 bits per heavy atom. The molecule has 0 atom stereocenters. The molecule has 0 amide bonds. The monoisotopic (exact) mass is 223 g/mol. The van der Waals surface area contributed by atoms with Crippen molar-refractivity contribution < 1.29 is 4.39 Å². The van der Waals surface area contributed by atoms with E-state index in [4.69, 9.17) is 5.73 Å². The smallest absolute Gasteiger partial charge is 0.126 e. The van der Waals surface area contributed by atoms with Gasteiger partial charge in [-0.2, -0.15) is 5.10 Å². The lowest BCUT2D eigenvalue weighted by Gasteiger charge is -2.03. The van der Waals surface area contributed by atoms with Gasteiger partial charge in [-0.3, -0.25) is 4.68 Å². The molecule has 0 aliphatic carbocycles. The summed E-state index contributed by atoms with van der Waals surface area (Å²) in [6.07, 6.45) is 3.57. The summed E-state index contributed by atoms with van der Waals surface area (Å²) in [5.41, 5.74) is 5.98. The summed E-state index contributed by atoms with van der Waals surface area (Å²) >= 11 is 1.49. The van der Waals surface area contributed by atoms with Crippen LogP contribution in [0.15, 0.2) is 41.6 Å². The normalized spacial score (nSPS) is 10.5. The third-order valence-electron chi connectivity index (χ3n) is 1.82. The van der Waals surface area contributed by atoms with Gasteiger partial charge in [-0.15, -0.1) is 11.8 Å². The van der Waals surface area contributed by atoms with E-state index >= 15 is 0 Å². The van der Waals surface area contributed by atoms with Crippen LogP contribution in [-0.2, 0) is 5.88 Å². The molecule has 2 N–H and O–H groups in total. The molecule has 0 aliphatic rings. The highest BCUT2D eigenvalue weighted by Gasteiger charge is 1.99. The summed E-state index contributed by atoms with van der Waals surface area (Å²) in [5, 5.41) is 4.05. The van der Waals surface area contributed by atoms with Gasteiger partial charge in [0.15, 0.2) is 0 Å². The molecule has 0 saturated carbocycles. The van der Waals surface area contributed by atoms with Crippen LogP contribution in [0.2, 0.25) is 0 Å². The molecule has 0 bridgehead atoms. The van der Waals surface area contributed by atoms with E-state index in [0.29, 0.717) is 11.6 Å². The van der Waals surface area contributed by atoms with Crippen LogP contribution in [0, 0.1) is 5.82 Å². The van der Waals surface area contributed by atoms with Crippen LogP contribution in [0.3, 0.4) is 0 Å². The van der Waals surface area contributed by atoms with Crippen molar-refractivity contribution in [3.05, 3.63) is 42.5 Å². The van der Waals surface area contributed by atoms with Crippen LogP contribution < -0.4 is 5.73 Å². The standard InChI is InChI=1S/C10H10FN3S/c11-8-4-9(12)6-10(5-8)15-7-14-3-1-2-13-14/h1-6H,7,12H2. The van der Waals surface area contributed by atoms with E-state index in [0.717, 1.165) is 4.90 Å². The molecule has 0 spiro atoms. The summed E-state index contributed by atoms with van der Waals surface area (Å²) in [5.74, 6) is 0.341. The Morgan fingerprint density at radius 1 is 1.40 bits per heavy atom. The number of benzene rings is 1. The third-order valence-corrected chi connectivity index (χ3v) is 2.78. The Labute approximate surface area is 91.1 Å². The fourth-order valence-electron chi connectivity index (χ4n) is 1.19. The van der Waals surface area contributed by atoms with Gasteiger partial charge in [0, 0.05) is 23.0 Å². The van der Waals surface area contributed by atoms with Gasteiger partial charge in [-0.05, 0) is 24.3 Å². The first-order chi connectivity index (χ1) is 7.24. The molecule has 0 radical (unpaired) electrons. The number of aromatic nitrogens is 2. The van der Waals surface area contributed by atoms with Gasteiger partial charge in [0.05, 0.1) is 5.88 Å². The first kappa shape index (κ1) is 10.0. The van der Waals surface area contributed by atoms with E-state index in [1.54, 1.807) is 16.9 Å². The summed E-state index contributed by atoms with van der Waals surface area (Å²) in [6, 6.07) is 6.36. The topological polar surface area (TPSA) is 43.8 Å². The zero-order chi connectivity index (χ0) is 10.7. The molecule has 0 fully saturated rings. The maximum absolute atomic E-state index is 13.0. The lowest BCUT2D eigenvalue weighted by molar-refractivity contribution is 0.625. The molecule has 0 aliphatic heterocycles. The maximum Gasteiger partial charge on any atom is 0.126 e. The van der Waals surface area contributed by atoms with E-state index in [-0.39, 0.29) is 5.82 Å². The van der Waals surface area contributed by atoms with Crippen molar-refractivity contribution in [1.29, 1.82) is 0 Å². The van der Waals surface area contributed by atoms with Gasteiger partial charge >= 0.3 is 0 Å². The van der Waals surface area contributed by atoms with E-state index < -0.39 is 0 Å². The summed E-state index contributed by atoms with van der Waals surface area (Å²) in [6.45, 7) is 0. The predicted octanol–water partition coefficient (Wildman–Crippen LogP) is 2.35. The highest BCUT2D eigenvalue weighted by atomic mass is 32.2. The number of rotatable bonds is 3. The van der Waals surface area contributed by atoms with Gasteiger partial charge in [0.25, 0.3) is 0 Å². The molecule has 3 nitrogen and oxygen atoms in total. The first-order valence-electron chi connectivity index (χ1n) is 4.40. The van der Waals surface area contributed by atoms with E-state index in [9.17, 15) is 4.39 Å². The highest BCUT2D eigenvalue weighted by Crippen LogP contribution is 2.23. The molecule has 2 aromatic rings. The van der Waals surface area contributed by atoms with Crippen LogP contribution >= 0.6 is 11.8 Å². The molecule has 15 heavy (non-hydrogen) atoms. The fraction of sp³-hybridized carbons (Fsp3) is 0.100. The van der Waals surface area contributed by atoms with Crippen molar-refractivity contribution in [2.45, 2.75) is 10.8 Å². The van der Waals surface area contributed by atoms with Crippen LogP contribution in [0.1, 0.15) is 0 Å². The van der Waals surface area contributed by atoms with Gasteiger partial charge in [0.1, 0.15) is 5.82 Å². The Bertz CT molecular complexity index is 422. The Balaban J connectivity index is 2.05. The highest BCUT2D eigenvalue weighted by molar-refractivity contribution is 7.98. The zero-order valence-corrected chi connectivity index (χ0v) is 8.75. The number of nitrogen functional groups attached to an aromatic ring is 1. The SMILES string of the molecule is Nc1cc(F)cc(SCn2cccn2)c1. The third kappa shape index (κ3) is 2.73. The summed E-state index contributed by atoms with van der Waals surface area (Å²) < 4.78 is 14.7. The van der Waals surface area contributed by atoms with Crippen molar-refractivity contribution in [1.82, 2.24) is 9.78 Å². The molecule has 0 saturated heterocycles. The van der Waals surface area contributed by atoms with Crippen LogP contribution in [0.4, 0.5) is 10.1 Å². The summed E-state index contributed by atoms with van der Waals surface area (Å²) in [4.78, 5) is 0.808. The van der Waals surface area contributed by atoms with Crippen LogP contribution in [-0.4, -0.2) is 9.78 Å². The molecule has 78 valence electrons. The van der Waals surface area contributed by atoms with Crippen molar-refractivity contribution in [3.8, 4) is 0 Å². The molecule has 0 unspecified atom stereocenters. The Hall–Kier alpha value is -1.49. The number of anilines is 1. The minimum absolute atomic E-state index is 0.307. The number of hydrogen-bond acceptors (Lipinski definition) is 3. The average molecular weight is 223 g/mol. The van der Waals surface area contributed by atoms with Crippen molar-refractivity contribution in [3.63, 3.8) is 0 Å². The molecule has 5 heteroatoms. The van der Waals surface area contributed by atoms with Gasteiger partial charge in [-0.25, -0.2) is 4.39 Å². The van der Waals surface area contributed by atoms with Gasteiger partial charge in [0.2, 0.25) is 0 Å². The fourth-order valence-corrected chi connectivity index (χ4v) is 2.03. The number of thioether (sulfide) groups is 1. The molecular formula is C10H10FN3S. The quantitative estimate of drug-likeness (QED) is 0.641. The molecule has 1 aromatic carbocycles. The number of halogens is 1. The Morgan fingerprint density at radius 2 is 2.27 bits per heavy atom. The second kappa shape index (κ2) is 4.35. The van der Waals surface area contributed by atoms with Gasteiger partial charge < -0.3 is 5.73 Å². The Kier molecular flexibility index (Phi) is 2.91. The second-order valence-corrected chi connectivity index (χ2v) is 4.06. The van der Waals surface area contributed by atoms with Crippen molar-refractivity contribution in [2.24, 2.45) is 0 Å².